The van der Waals surface area contributed by atoms with Crippen LogP contribution in [0.15, 0.2) is 17.1 Å². The van der Waals surface area contributed by atoms with Gasteiger partial charge in [-0.25, -0.2) is 4.99 Å². The van der Waals surface area contributed by atoms with Gasteiger partial charge in [-0.2, -0.15) is 0 Å². The number of carbonyl (C=O) groups is 1. The Balaban J connectivity index is 2.38. The molecule has 30 heavy (non-hydrogen) atoms. The van der Waals surface area contributed by atoms with Crippen molar-refractivity contribution < 1.29 is 9.53 Å². The van der Waals surface area contributed by atoms with E-state index >= 15 is 0 Å². The second-order valence-electron chi connectivity index (χ2n) is 9.84. The van der Waals surface area contributed by atoms with Crippen LogP contribution < -0.4 is 5.32 Å². The van der Waals surface area contributed by atoms with Crippen LogP contribution >= 0.6 is 0 Å². The van der Waals surface area contributed by atoms with Gasteiger partial charge in [-0.3, -0.25) is 4.79 Å². The first-order valence-electron chi connectivity index (χ1n) is 11.7. The van der Waals surface area contributed by atoms with Crippen LogP contribution in [0, 0.1) is 5.92 Å². The van der Waals surface area contributed by atoms with Crippen LogP contribution in [-0.2, 0) is 16.0 Å². The topological polar surface area (TPSA) is 50.7 Å². The van der Waals surface area contributed by atoms with Gasteiger partial charge in [-0.15, -0.1) is 0 Å². The molecule has 1 aromatic rings. The average molecular weight is 415 g/mol. The van der Waals surface area contributed by atoms with Crippen molar-refractivity contribution in [2.75, 3.05) is 6.61 Å². The zero-order chi connectivity index (χ0) is 22.6. The van der Waals surface area contributed by atoms with Crippen LogP contribution in [0.1, 0.15) is 109 Å². The molecular formula is C26H42N2O2. The fraction of sp³-hybridized carbons (Fsp3) is 0.692. The Bertz CT molecular complexity index is 735. The van der Waals surface area contributed by atoms with Crippen molar-refractivity contribution >= 4 is 11.8 Å². The number of hydrogen-bond acceptors (Lipinski definition) is 3. The molecule has 0 saturated heterocycles. The molecule has 0 spiro atoms. The van der Waals surface area contributed by atoms with Crippen LogP contribution in [0.5, 0.6) is 0 Å². The first-order valence-corrected chi connectivity index (χ1v) is 11.7. The average Bonchev–Trinajstić information content (AvgIpc) is 3.12. The molecule has 0 bridgehead atoms. The monoisotopic (exact) mass is 414 g/mol. The lowest BCUT2D eigenvalue weighted by molar-refractivity contribution is -0.119. The Kier molecular flexibility index (Phi) is 8.52. The molecule has 0 unspecified atom stereocenters. The van der Waals surface area contributed by atoms with Gasteiger partial charge in [0.1, 0.15) is 12.6 Å². The van der Waals surface area contributed by atoms with E-state index in [1.807, 2.05) is 0 Å². The van der Waals surface area contributed by atoms with Gasteiger partial charge in [-0.05, 0) is 52.3 Å². The van der Waals surface area contributed by atoms with E-state index in [1.54, 1.807) is 6.92 Å². The highest BCUT2D eigenvalue weighted by Gasteiger charge is 2.31. The first kappa shape index (κ1) is 24.4. The molecule has 1 N–H and O–H groups in total. The zero-order valence-electron chi connectivity index (χ0n) is 20.5. The Morgan fingerprint density at radius 1 is 1.07 bits per heavy atom. The molecule has 0 radical (unpaired) electrons. The highest BCUT2D eigenvalue weighted by Crippen LogP contribution is 2.34. The minimum Gasteiger partial charge on any atom is -0.477 e. The van der Waals surface area contributed by atoms with Gasteiger partial charge in [-0.1, -0.05) is 73.9 Å². The lowest BCUT2D eigenvalue weighted by Crippen LogP contribution is -2.44. The van der Waals surface area contributed by atoms with E-state index in [4.69, 9.17) is 9.73 Å². The Morgan fingerprint density at radius 2 is 1.63 bits per heavy atom. The number of hydrogen-bond donors (Lipinski definition) is 1. The third-order valence-electron chi connectivity index (χ3n) is 6.26. The molecule has 1 aliphatic rings. The maximum absolute atomic E-state index is 11.7. The van der Waals surface area contributed by atoms with Crippen molar-refractivity contribution in [2.45, 2.75) is 105 Å². The number of ether oxygens (including phenoxy) is 1. The number of nitrogens with one attached hydrogen (secondary N) is 1. The molecule has 1 heterocycles. The number of rotatable bonds is 9. The zero-order valence-corrected chi connectivity index (χ0v) is 20.5. The van der Waals surface area contributed by atoms with Crippen LogP contribution in [0.4, 0.5) is 0 Å². The van der Waals surface area contributed by atoms with Crippen LogP contribution in [-0.4, -0.2) is 30.5 Å². The van der Waals surface area contributed by atoms with E-state index in [9.17, 15) is 4.79 Å². The summed E-state index contributed by atoms with van der Waals surface area (Å²) in [5, 5.41) is 3.04. The molecule has 1 aliphatic heterocycles. The van der Waals surface area contributed by atoms with Crippen molar-refractivity contribution in [3.63, 3.8) is 0 Å². The molecule has 0 saturated carbocycles. The molecule has 0 aromatic heterocycles. The number of nitrogens with zero attached hydrogens (tertiary/aromatic N) is 1. The number of aliphatic imine (C=N–C) groups is 1. The van der Waals surface area contributed by atoms with E-state index in [2.05, 4.69) is 72.8 Å². The Morgan fingerprint density at radius 3 is 2.07 bits per heavy atom. The van der Waals surface area contributed by atoms with E-state index in [0.717, 1.165) is 12.8 Å². The van der Waals surface area contributed by atoms with E-state index in [1.165, 1.54) is 22.3 Å². The van der Waals surface area contributed by atoms with Gasteiger partial charge in [0.25, 0.3) is 0 Å². The van der Waals surface area contributed by atoms with Crippen molar-refractivity contribution in [2.24, 2.45) is 10.9 Å². The fourth-order valence-electron chi connectivity index (χ4n) is 4.19. The van der Waals surface area contributed by atoms with Crippen LogP contribution in [0.25, 0.3) is 0 Å². The van der Waals surface area contributed by atoms with Crippen molar-refractivity contribution in [1.29, 1.82) is 0 Å². The van der Waals surface area contributed by atoms with Gasteiger partial charge in [0, 0.05) is 6.92 Å². The highest BCUT2D eigenvalue weighted by atomic mass is 16.5. The summed E-state index contributed by atoms with van der Waals surface area (Å²) in [6, 6.07) is 4.75. The summed E-state index contributed by atoms with van der Waals surface area (Å²) in [6.07, 6.45) is 1.85. The van der Waals surface area contributed by atoms with Crippen molar-refractivity contribution in [3.8, 4) is 0 Å². The van der Waals surface area contributed by atoms with Crippen molar-refractivity contribution in [3.05, 3.63) is 34.4 Å². The Labute approximate surface area is 183 Å². The summed E-state index contributed by atoms with van der Waals surface area (Å²) in [5.41, 5.74) is 5.73. The second-order valence-corrected chi connectivity index (χ2v) is 9.84. The predicted octanol–water partition coefficient (Wildman–Crippen LogP) is 5.95. The number of carbonyl (C=O) groups excluding carboxylic acids is 1. The molecule has 0 aliphatic carbocycles. The molecule has 0 fully saturated rings. The summed E-state index contributed by atoms with van der Waals surface area (Å²) < 4.78 is 6.02. The largest absolute Gasteiger partial charge is 0.477 e. The minimum absolute atomic E-state index is 0.0384. The maximum Gasteiger partial charge on any atom is 0.217 e. The molecule has 2 rings (SSSR count). The molecule has 1 amide bonds. The summed E-state index contributed by atoms with van der Waals surface area (Å²) in [7, 11) is 0. The van der Waals surface area contributed by atoms with Gasteiger partial charge < -0.3 is 10.1 Å². The predicted molar refractivity (Wildman–Crippen MR) is 127 cm³/mol. The third-order valence-corrected chi connectivity index (χ3v) is 6.26. The van der Waals surface area contributed by atoms with Gasteiger partial charge >= 0.3 is 0 Å². The molecule has 1 aromatic carbocycles. The third kappa shape index (κ3) is 5.86. The quantitative estimate of drug-likeness (QED) is 0.543. The lowest BCUT2D eigenvalue weighted by Gasteiger charge is -2.24. The highest BCUT2D eigenvalue weighted by molar-refractivity contribution is 5.88. The normalized spacial score (nSPS) is 18.5. The van der Waals surface area contributed by atoms with E-state index < -0.39 is 0 Å². The van der Waals surface area contributed by atoms with Crippen molar-refractivity contribution in [1.82, 2.24) is 5.32 Å². The summed E-state index contributed by atoms with van der Waals surface area (Å²) in [5.74, 6) is 2.39. The van der Waals surface area contributed by atoms with Gasteiger partial charge in [0.05, 0.1) is 6.04 Å². The minimum atomic E-state index is -0.144. The van der Waals surface area contributed by atoms with Gasteiger partial charge in [0.2, 0.25) is 11.8 Å². The molecule has 4 heteroatoms. The summed E-state index contributed by atoms with van der Waals surface area (Å²) in [4.78, 5) is 16.7. The molecule has 168 valence electrons. The van der Waals surface area contributed by atoms with Crippen LogP contribution in [0.3, 0.4) is 0 Å². The first-order chi connectivity index (χ1) is 14.0. The van der Waals surface area contributed by atoms with E-state index in [0.29, 0.717) is 30.3 Å². The number of amides is 1. The van der Waals surface area contributed by atoms with Crippen LogP contribution in [0.2, 0.25) is 0 Å². The standard InChI is InChI=1S/C26H42N2O2/c1-10-18(8)25(27-19(9)29)26-28-21(14-30-26)13-24-22(16(4)5)11-20(15(2)3)12-23(24)17(6)7/h11-12,15-18,21,25H,10,13-14H2,1-9H3,(H,27,29)/t18-,21-,25-/m0/s1. The fourth-order valence-corrected chi connectivity index (χ4v) is 4.19. The SMILES string of the molecule is CC[C@H](C)[C@H](NC(C)=O)C1=N[C@@H](Cc2c(C(C)C)cc(C(C)C)cc2C(C)C)CO1. The maximum atomic E-state index is 11.7. The molecule has 4 nitrogen and oxygen atoms in total. The van der Waals surface area contributed by atoms with Gasteiger partial charge in [0.15, 0.2) is 0 Å². The second kappa shape index (κ2) is 10.5. The molecule has 3 atom stereocenters. The Hall–Kier alpha value is -1.84. The lowest BCUT2D eigenvalue weighted by atomic mass is 9.82. The summed E-state index contributed by atoms with van der Waals surface area (Å²) >= 11 is 0. The number of benzene rings is 1. The summed E-state index contributed by atoms with van der Waals surface area (Å²) in [6.45, 7) is 20.1. The molecular weight excluding hydrogens is 372 g/mol. The van der Waals surface area contributed by atoms with E-state index in [-0.39, 0.29) is 23.9 Å². The smallest absolute Gasteiger partial charge is 0.217 e.